The van der Waals surface area contributed by atoms with Gasteiger partial charge in [-0.3, -0.25) is 4.79 Å². The molecule has 0 aromatic heterocycles. The molecule has 1 atom stereocenters. The molecule has 0 fully saturated rings. The molecule has 0 aliphatic heterocycles. The zero-order valence-corrected chi connectivity index (χ0v) is 19.1. The second kappa shape index (κ2) is 11.3. The number of esters is 1. The van der Waals surface area contributed by atoms with Crippen LogP contribution < -0.4 is 16.4 Å². The Hall–Kier alpha value is -4.17. The molecule has 0 saturated heterocycles. The second-order valence-corrected chi connectivity index (χ2v) is 8.12. The summed E-state index contributed by atoms with van der Waals surface area (Å²) in [6, 6.07) is 24.0. The highest BCUT2D eigenvalue weighted by atomic mass is 16.6. The lowest BCUT2D eigenvalue weighted by Crippen LogP contribution is -2.50. The van der Waals surface area contributed by atoms with Gasteiger partial charge in [-0.2, -0.15) is 0 Å². The summed E-state index contributed by atoms with van der Waals surface area (Å²) in [5, 5.41) is 5.02. The van der Waals surface area contributed by atoms with Gasteiger partial charge in [-0.25, -0.2) is 9.59 Å². The first-order valence-corrected chi connectivity index (χ1v) is 11.4. The average molecular weight is 474 g/mol. The molecule has 35 heavy (non-hydrogen) atoms. The molecule has 0 saturated carbocycles. The van der Waals surface area contributed by atoms with E-state index in [0.717, 1.165) is 27.8 Å². The van der Waals surface area contributed by atoms with E-state index in [2.05, 4.69) is 10.6 Å². The molecule has 8 heteroatoms. The van der Waals surface area contributed by atoms with Crippen LogP contribution in [0.1, 0.15) is 22.6 Å². The Labute approximate surface area is 203 Å². The minimum absolute atomic E-state index is 0.0351. The molecular weight excluding hydrogens is 446 g/mol. The number of benzene rings is 3. The van der Waals surface area contributed by atoms with E-state index in [1.54, 1.807) is 0 Å². The van der Waals surface area contributed by atoms with Gasteiger partial charge >= 0.3 is 12.1 Å². The van der Waals surface area contributed by atoms with Crippen LogP contribution in [0.3, 0.4) is 0 Å². The summed E-state index contributed by atoms with van der Waals surface area (Å²) in [6.45, 7) is -0.279. The molecule has 4 rings (SSSR count). The number of rotatable bonds is 9. The molecule has 3 aromatic rings. The van der Waals surface area contributed by atoms with E-state index in [0.29, 0.717) is 0 Å². The number of alkyl carbamates (subject to hydrolysis) is 1. The fourth-order valence-electron chi connectivity index (χ4n) is 4.09. The first-order chi connectivity index (χ1) is 17.1. The maximum absolute atomic E-state index is 12.7. The second-order valence-electron chi connectivity index (χ2n) is 8.12. The van der Waals surface area contributed by atoms with E-state index in [1.807, 2.05) is 78.9 Å². The predicted molar refractivity (Wildman–Crippen MR) is 130 cm³/mol. The lowest BCUT2D eigenvalue weighted by atomic mass is 9.98. The van der Waals surface area contributed by atoms with Gasteiger partial charge in [-0.05, 0) is 27.8 Å². The Morgan fingerprint density at radius 1 is 0.829 bits per heavy atom. The number of fused-ring (bicyclic) bond motifs is 3. The Morgan fingerprint density at radius 3 is 2.06 bits per heavy atom. The van der Waals surface area contributed by atoms with Crippen molar-refractivity contribution in [2.45, 2.75) is 18.6 Å². The zero-order valence-electron chi connectivity index (χ0n) is 19.1. The highest BCUT2D eigenvalue weighted by Gasteiger charge is 2.30. The van der Waals surface area contributed by atoms with Crippen molar-refractivity contribution in [3.8, 4) is 11.1 Å². The number of nitrogens with two attached hydrogens (primary N) is 1. The third kappa shape index (κ3) is 5.85. The van der Waals surface area contributed by atoms with Gasteiger partial charge in [0.1, 0.15) is 19.3 Å². The van der Waals surface area contributed by atoms with Gasteiger partial charge in [-0.1, -0.05) is 78.9 Å². The number of nitrogens with one attached hydrogen (secondary N) is 2. The average Bonchev–Trinajstić information content (AvgIpc) is 3.22. The van der Waals surface area contributed by atoms with Gasteiger partial charge in [0.05, 0.1) is 6.54 Å². The van der Waals surface area contributed by atoms with Gasteiger partial charge in [0.15, 0.2) is 0 Å². The molecule has 1 aliphatic rings. The minimum Gasteiger partial charge on any atom is -0.459 e. The maximum atomic E-state index is 12.7. The van der Waals surface area contributed by atoms with Crippen molar-refractivity contribution in [1.82, 2.24) is 10.6 Å². The monoisotopic (exact) mass is 473 g/mol. The SMILES string of the molecule is NCC(=O)NC[C@H](NC(=O)OCC1c2ccccc2-c2ccccc21)C(=O)OCc1ccccc1. The van der Waals surface area contributed by atoms with E-state index >= 15 is 0 Å². The van der Waals surface area contributed by atoms with Gasteiger partial charge < -0.3 is 25.8 Å². The molecule has 180 valence electrons. The van der Waals surface area contributed by atoms with Crippen LogP contribution in [0.4, 0.5) is 4.79 Å². The standard InChI is InChI=1S/C27H27N3O5/c28-14-25(31)29-15-24(26(32)34-16-18-8-2-1-3-9-18)30-27(33)35-17-23-21-12-6-4-10-19(21)20-11-5-7-13-22(20)23/h1-13,23-24H,14-17,28H2,(H,29,31)(H,30,33)/t24-/m0/s1. The summed E-state index contributed by atoms with van der Waals surface area (Å²) in [5.41, 5.74) is 10.5. The molecule has 0 radical (unpaired) electrons. The third-order valence-corrected chi connectivity index (χ3v) is 5.83. The number of amides is 2. The van der Waals surface area contributed by atoms with Crippen LogP contribution in [0.15, 0.2) is 78.9 Å². The van der Waals surface area contributed by atoms with Crippen LogP contribution >= 0.6 is 0 Å². The van der Waals surface area contributed by atoms with Crippen molar-refractivity contribution in [3.05, 3.63) is 95.6 Å². The predicted octanol–water partition coefficient (Wildman–Crippen LogP) is 2.71. The number of hydrogen-bond acceptors (Lipinski definition) is 6. The van der Waals surface area contributed by atoms with Crippen LogP contribution in [-0.2, 0) is 25.7 Å². The van der Waals surface area contributed by atoms with E-state index in [-0.39, 0.29) is 32.2 Å². The molecule has 2 amide bonds. The Kier molecular flexibility index (Phi) is 7.74. The number of hydrogen-bond donors (Lipinski definition) is 3. The lowest BCUT2D eigenvalue weighted by Gasteiger charge is -2.19. The topological polar surface area (TPSA) is 120 Å². The van der Waals surface area contributed by atoms with E-state index in [4.69, 9.17) is 15.2 Å². The molecule has 4 N–H and O–H groups in total. The summed E-state index contributed by atoms with van der Waals surface area (Å²) in [6.07, 6.45) is -0.782. The van der Waals surface area contributed by atoms with Crippen molar-refractivity contribution < 1.29 is 23.9 Å². The summed E-state index contributed by atoms with van der Waals surface area (Å²) in [4.78, 5) is 36.9. The van der Waals surface area contributed by atoms with Crippen molar-refractivity contribution in [2.75, 3.05) is 19.7 Å². The van der Waals surface area contributed by atoms with Gasteiger partial charge in [-0.15, -0.1) is 0 Å². The Morgan fingerprint density at radius 2 is 1.43 bits per heavy atom. The highest BCUT2D eigenvalue weighted by molar-refractivity contribution is 5.84. The minimum atomic E-state index is -1.13. The highest BCUT2D eigenvalue weighted by Crippen LogP contribution is 2.44. The fraction of sp³-hybridized carbons (Fsp3) is 0.222. The first-order valence-electron chi connectivity index (χ1n) is 11.4. The number of carbonyl (C=O) groups excluding carboxylic acids is 3. The Bertz CT molecular complexity index is 1150. The van der Waals surface area contributed by atoms with Crippen LogP contribution in [0, 0.1) is 0 Å². The number of ether oxygens (including phenoxy) is 2. The van der Waals surface area contributed by atoms with Crippen LogP contribution in [0.25, 0.3) is 11.1 Å². The molecular formula is C27H27N3O5. The summed E-state index contributed by atoms with van der Waals surface area (Å²) >= 11 is 0. The van der Waals surface area contributed by atoms with Gasteiger partial charge in [0, 0.05) is 12.5 Å². The van der Waals surface area contributed by atoms with E-state index < -0.39 is 24.0 Å². The summed E-state index contributed by atoms with van der Waals surface area (Å²) in [7, 11) is 0. The maximum Gasteiger partial charge on any atom is 0.407 e. The molecule has 0 spiro atoms. The van der Waals surface area contributed by atoms with E-state index in [9.17, 15) is 14.4 Å². The summed E-state index contributed by atoms with van der Waals surface area (Å²) in [5.74, 6) is -1.27. The van der Waals surface area contributed by atoms with Crippen LogP contribution in [0.2, 0.25) is 0 Å². The summed E-state index contributed by atoms with van der Waals surface area (Å²) < 4.78 is 10.9. The normalized spacial score (nSPS) is 12.7. The molecule has 0 heterocycles. The number of carbonyl (C=O) groups is 3. The van der Waals surface area contributed by atoms with Crippen LogP contribution in [-0.4, -0.2) is 43.7 Å². The third-order valence-electron chi connectivity index (χ3n) is 5.83. The largest absolute Gasteiger partial charge is 0.459 e. The molecule has 0 unspecified atom stereocenters. The molecule has 0 bridgehead atoms. The van der Waals surface area contributed by atoms with Crippen molar-refractivity contribution in [2.24, 2.45) is 5.73 Å². The van der Waals surface area contributed by atoms with Crippen molar-refractivity contribution in [1.29, 1.82) is 0 Å². The quantitative estimate of drug-likeness (QED) is 0.411. The van der Waals surface area contributed by atoms with Crippen molar-refractivity contribution >= 4 is 18.0 Å². The van der Waals surface area contributed by atoms with Crippen molar-refractivity contribution in [3.63, 3.8) is 0 Å². The fourth-order valence-corrected chi connectivity index (χ4v) is 4.09. The molecule has 8 nitrogen and oxygen atoms in total. The Balaban J connectivity index is 1.39. The molecule has 3 aromatic carbocycles. The lowest BCUT2D eigenvalue weighted by molar-refractivity contribution is -0.147. The molecule has 1 aliphatic carbocycles. The van der Waals surface area contributed by atoms with Crippen LogP contribution in [0.5, 0.6) is 0 Å². The van der Waals surface area contributed by atoms with E-state index in [1.165, 1.54) is 0 Å². The van der Waals surface area contributed by atoms with Gasteiger partial charge in [0.2, 0.25) is 5.91 Å². The first kappa shape index (κ1) is 24.0. The zero-order chi connectivity index (χ0) is 24.6. The van der Waals surface area contributed by atoms with Gasteiger partial charge in [0.25, 0.3) is 0 Å². The smallest absolute Gasteiger partial charge is 0.407 e.